The fourth-order valence-electron chi connectivity index (χ4n) is 4.50. The summed E-state index contributed by atoms with van der Waals surface area (Å²) in [6.07, 6.45) is 2.83. The molecular weight excluding hydrogens is 583 g/mol. The first-order chi connectivity index (χ1) is 20.9. The molecule has 4 aromatic rings. The molecule has 1 amide bonds. The summed E-state index contributed by atoms with van der Waals surface area (Å²) in [5.41, 5.74) is 2.44. The second-order valence-electron chi connectivity index (χ2n) is 10.2. The third kappa shape index (κ3) is 9.72. The van der Waals surface area contributed by atoms with Crippen molar-refractivity contribution in [2.75, 3.05) is 38.2 Å². The zero-order chi connectivity index (χ0) is 30.6. The number of hydrogen-bond acceptors (Lipinski definition) is 6. The number of anilines is 1. The van der Waals surface area contributed by atoms with Gasteiger partial charge in [0.2, 0.25) is 0 Å². The molecule has 0 aliphatic carbocycles. The highest BCUT2D eigenvalue weighted by Gasteiger charge is 2.17. The van der Waals surface area contributed by atoms with E-state index in [1.54, 1.807) is 42.1 Å². The molecule has 0 spiro atoms. The number of aromatic nitrogens is 2. The lowest BCUT2D eigenvalue weighted by Crippen LogP contribution is -2.25. The summed E-state index contributed by atoms with van der Waals surface area (Å²) >= 11 is 0. The lowest BCUT2D eigenvalue weighted by molar-refractivity contribution is 0.101. The molecule has 0 aliphatic heterocycles. The minimum atomic E-state index is -0.319. The summed E-state index contributed by atoms with van der Waals surface area (Å²) in [6, 6.07) is 20.4. The van der Waals surface area contributed by atoms with Crippen molar-refractivity contribution in [2.24, 2.45) is 7.05 Å². The molecule has 3 aromatic carbocycles. The summed E-state index contributed by atoms with van der Waals surface area (Å²) in [6.45, 7) is 10.6. The van der Waals surface area contributed by atoms with Crippen LogP contribution in [0.1, 0.15) is 50.5 Å². The first-order valence-corrected chi connectivity index (χ1v) is 14.9. The molecule has 10 heteroatoms. The molecule has 0 radical (unpaired) electrons. The molecule has 0 atom stereocenters. The molecule has 0 saturated heterocycles. The van der Waals surface area contributed by atoms with Crippen LogP contribution in [0.15, 0.2) is 72.8 Å². The Morgan fingerprint density at radius 1 is 0.864 bits per heavy atom. The van der Waals surface area contributed by atoms with Crippen LogP contribution in [0.3, 0.4) is 0 Å². The molecule has 8 nitrogen and oxygen atoms in total. The minimum absolute atomic E-state index is 0. The summed E-state index contributed by atoms with van der Waals surface area (Å²) in [4.78, 5) is 15.7. The summed E-state index contributed by atoms with van der Waals surface area (Å²) in [5.74, 6) is 1.81. The molecule has 1 N–H and O–H groups in total. The van der Waals surface area contributed by atoms with Gasteiger partial charge in [-0.25, -0.2) is 4.39 Å². The van der Waals surface area contributed by atoms with Crippen LogP contribution in [0.2, 0.25) is 0 Å². The standard InChI is InChI=1S/C34H41FN4O4.ClH/c1-5-8-21-42-33-23-29(41-22-9-20-39(6-2)7-3)18-19-30(33)36-34(40)32-24-31(37-38(32)4)25-10-14-27(15-11-25)43-28-16-12-26(35)13-17-28;/h10-19,23-24H,5-9,20-22H2,1-4H3,(H,36,40);1H. The van der Waals surface area contributed by atoms with Gasteiger partial charge < -0.3 is 24.4 Å². The Bertz CT molecular complexity index is 1460. The second-order valence-corrected chi connectivity index (χ2v) is 10.2. The van der Waals surface area contributed by atoms with Crippen molar-refractivity contribution >= 4 is 24.0 Å². The molecule has 0 bridgehead atoms. The Kier molecular flexibility index (Phi) is 13.5. The first-order valence-electron chi connectivity index (χ1n) is 14.9. The molecule has 4 rings (SSSR count). The van der Waals surface area contributed by atoms with Crippen molar-refractivity contribution in [2.45, 2.75) is 40.0 Å². The third-order valence-corrected chi connectivity index (χ3v) is 7.05. The molecular formula is C34H42ClFN4O4. The molecule has 0 fully saturated rings. The van der Waals surface area contributed by atoms with Crippen molar-refractivity contribution in [3.05, 3.63) is 84.3 Å². The SMILES string of the molecule is CCCCOc1cc(OCCCN(CC)CC)ccc1NC(=O)c1cc(-c2ccc(Oc3ccc(F)cc3)cc2)nn1C.Cl. The first kappa shape index (κ1) is 34.4. The number of carbonyl (C=O) groups is 1. The van der Waals surface area contributed by atoms with E-state index in [0.29, 0.717) is 53.3 Å². The largest absolute Gasteiger partial charge is 0.493 e. The van der Waals surface area contributed by atoms with Crippen LogP contribution in [0.4, 0.5) is 10.1 Å². The van der Waals surface area contributed by atoms with Crippen LogP contribution >= 0.6 is 12.4 Å². The molecule has 0 saturated carbocycles. The Morgan fingerprint density at radius 2 is 1.50 bits per heavy atom. The van der Waals surface area contributed by atoms with E-state index in [0.717, 1.165) is 44.5 Å². The predicted molar refractivity (Wildman–Crippen MR) is 175 cm³/mol. The van der Waals surface area contributed by atoms with Gasteiger partial charge in [-0.1, -0.05) is 27.2 Å². The number of unbranched alkanes of at least 4 members (excludes halogenated alkanes) is 1. The summed E-state index contributed by atoms with van der Waals surface area (Å²) in [5, 5.41) is 7.54. The molecule has 236 valence electrons. The topological polar surface area (TPSA) is 77.8 Å². The number of carbonyl (C=O) groups excluding carboxylic acids is 1. The molecule has 0 aliphatic rings. The number of ether oxygens (including phenoxy) is 3. The van der Waals surface area contributed by atoms with Crippen molar-refractivity contribution in [3.8, 4) is 34.3 Å². The summed E-state index contributed by atoms with van der Waals surface area (Å²) < 4.78 is 32.5. The summed E-state index contributed by atoms with van der Waals surface area (Å²) in [7, 11) is 1.73. The average molecular weight is 625 g/mol. The molecule has 1 aromatic heterocycles. The smallest absolute Gasteiger partial charge is 0.274 e. The van der Waals surface area contributed by atoms with E-state index in [1.165, 1.54) is 12.1 Å². The van der Waals surface area contributed by atoms with Gasteiger partial charge in [0, 0.05) is 25.2 Å². The van der Waals surface area contributed by atoms with Crippen LogP contribution in [0.5, 0.6) is 23.0 Å². The highest BCUT2D eigenvalue weighted by Crippen LogP contribution is 2.31. The zero-order valence-corrected chi connectivity index (χ0v) is 26.7. The monoisotopic (exact) mass is 624 g/mol. The Balaban J connectivity index is 0.00000529. The maximum Gasteiger partial charge on any atom is 0.274 e. The number of benzene rings is 3. The van der Waals surface area contributed by atoms with Gasteiger partial charge in [-0.05, 0) is 92.7 Å². The zero-order valence-electron chi connectivity index (χ0n) is 25.8. The average Bonchev–Trinajstić information content (AvgIpc) is 3.41. The fraction of sp³-hybridized carbons (Fsp3) is 0.353. The molecule has 0 unspecified atom stereocenters. The Hall–Kier alpha value is -4.08. The van der Waals surface area contributed by atoms with E-state index in [9.17, 15) is 9.18 Å². The Morgan fingerprint density at radius 3 is 2.16 bits per heavy atom. The minimum Gasteiger partial charge on any atom is -0.493 e. The second kappa shape index (κ2) is 17.3. The van der Waals surface area contributed by atoms with Gasteiger partial charge in [0.05, 0.1) is 24.6 Å². The van der Waals surface area contributed by atoms with Gasteiger partial charge in [0.25, 0.3) is 5.91 Å². The van der Waals surface area contributed by atoms with Crippen LogP contribution in [-0.4, -0.2) is 53.4 Å². The third-order valence-electron chi connectivity index (χ3n) is 7.05. The van der Waals surface area contributed by atoms with E-state index in [2.05, 4.69) is 36.1 Å². The van der Waals surface area contributed by atoms with E-state index >= 15 is 0 Å². The van der Waals surface area contributed by atoms with Crippen molar-refractivity contribution in [1.29, 1.82) is 0 Å². The van der Waals surface area contributed by atoms with E-state index in [1.807, 2.05) is 30.3 Å². The van der Waals surface area contributed by atoms with Crippen LogP contribution in [0.25, 0.3) is 11.3 Å². The quantitative estimate of drug-likeness (QED) is 0.127. The number of nitrogens with zero attached hydrogens (tertiary/aromatic N) is 3. The highest BCUT2D eigenvalue weighted by molar-refractivity contribution is 6.04. The lowest BCUT2D eigenvalue weighted by atomic mass is 10.1. The van der Waals surface area contributed by atoms with Crippen LogP contribution < -0.4 is 19.5 Å². The number of aryl methyl sites for hydroxylation is 1. The number of halogens is 2. The van der Waals surface area contributed by atoms with Crippen molar-refractivity contribution in [1.82, 2.24) is 14.7 Å². The van der Waals surface area contributed by atoms with E-state index in [-0.39, 0.29) is 24.1 Å². The van der Waals surface area contributed by atoms with Gasteiger partial charge in [-0.15, -0.1) is 12.4 Å². The maximum atomic E-state index is 13.3. The van der Waals surface area contributed by atoms with Gasteiger partial charge in [-0.2, -0.15) is 5.10 Å². The molecule has 1 heterocycles. The normalized spacial score (nSPS) is 10.8. The van der Waals surface area contributed by atoms with Gasteiger partial charge in [0.15, 0.2) is 0 Å². The van der Waals surface area contributed by atoms with Crippen LogP contribution in [-0.2, 0) is 7.05 Å². The van der Waals surface area contributed by atoms with Crippen molar-refractivity contribution in [3.63, 3.8) is 0 Å². The number of hydrogen-bond donors (Lipinski definition) is 1. The van der Waals surface area contributed by atoms with Gasteiger partial charge >= 0.3 is 0 Å². The predicted octanol–water partition coefficient (Wildman–Crippen LogP) is 7.98. The van der Waals surface area contributed by atoms with Gasteiger partial charge in [-0.3, -0.25) is 9.48 Å². The van der Waals surface area contributed by atoms with Crippen molar-refractivity contribution < 1.29 is 23.4 Å². The number of rotatable bonds is 16. The fourth-order valence-corrected chi connectivity index (χ4v) is 4.50. The highest BCUT2D eigenvalue weighted by atomic mass is 35.5. The van der Waals surface area contributed by atoms with E-state index in [4.69, 9.17) is 14.2 Å². The van der Waals surface area contributed by atoms with Crippen LogP contribution in [0, 0.1) is 5.82 Å². The van der Waals surface area contributed by atoms with E-state index < -0.39 is 0 Å². The number of amides is 1. The lowest BCUT2D eigenvalue weighted by Gasteiger charge is -2.18. The number of nitrogens with one attached hydrogen (secondary N) is 1. The van der Waals surface area contributed by atoms with Gasteiger partial charge in [0.1, 0.15) is 34.5 Å². The maximum absolute atomic E-state index is 13.3. The Labute approximate surface area is 265 Å². The molecule has 44 heavy (non-hydrogen) atoms.